The predicted octanol–water partition coefficient (Wildman–Crippen LogP) is 4.82. The van der Waals surface area contributed by atoms with E-state index in [4.69, 9.17) is 0 Å². The average Bonchev–Trinajstić information content (AvgIpc) is 3.00. The van der Waals surface area contributed by atoms with Gasteiger partial charge in [-0.25, -0.2) is 0 Å². The Labute approximate surface area is 167 Å². The van der Waals surface area contributed by atoms with Crippen molar-refractivity contribution >= 4 is 11.6 Å². The number of carbonyl (C=O) groups excluding carboxylic acids is 1. The van der Waals surface area contributed by atoms with E-state index in [0.29, 0.717) is 6.54 Å². The zero-order chi connectivity index (χ0) is 19.6. The maximum absolute atomic E-state index is 14.1. The third kappa shape index (κ3) is 2.74. The van der Waals surface area contributed by atoms with E-state index in [1.54, 1.807) is 0 Å². The molecular formula is C25H26N2O. The van der Waals surface area contributed by atoms with E-state index in [9.17, 15) is 4.79 Å². The van der Waals surface area contributed by atoms with Gasteiger partial charge in [0.2, 0.25) is 0 Å². The molecule has 3 nitrogen and oxygen atoms in total. The third-order valence-electron chi connectivity index (χ3n) is 5.75. The molecule has 1 unspecified atom stereocenters. The van der Waals surface area contributed by atoms with Crippen molar-refractivity contribution < 1.29 is 4.79 Å². The summed E-state index contributed by atoms with van der Waals surface area (Å²) in [6.45, 7) is 6.43. The molecule has 142 valence electrons. The Kier molecular flexibility index (Phi) is 5.01. The van der Waals surface area contributed by atoms with Gasteiger partial charge >= 0.3 is 0 Å². The van der Waals surface area contributed by atoms with Gasteiger partial charge in [-0.1, -0.05) is 92.7 Å². The number of hydrogen-bond donors (Lipinski definition) is 0. The number of para-hydroxylation sites is 1. The number of amides is 1. The molecule has 0 N–H and O–H groups in total. The van der Waals surface area contributed by atoms with E-state index >= 15 is 0 Å². The molecule has 0 spiro atoms. The van der Waals surface area contributed by atoms with Crippen LogP contribution in [0.5, 0.6) is 0 Å². The lowest BCUT2D eigenvalue weighted by Gasteiger charge is -2.39. The van der Waals surface area contributed by atoms with E-state index < -0.39 is 5.54 Å². The summed E-state index contributed by atoms with van der Waals surface area (Å²) in [6.07, 6.45) is 0. The Morgan fingerprint density at radius 3 is 2.00 bits per heavy atom. The van der Waals surface area contributed by atoms with Crippen molar-refractivity contribution in [3.63, 3.8) is 0 Å². The molecule has 0 bridgehead atoms. The molecule has 0 aliphatic carbocycles. The SMILES string of the molecule is CCN(CC)C1(c2ccccc2)C(=O)N(Cc2ccccc2)c2ccccc21. The second-order valence-corrected chi connectivity index (χ2v) is 7.14. The first-order valence-electron chi connectivity index (χ1n) is 9.99. The minimum absolute atomic E-state index is 0.132. The number of hydrogen-bond acceptors (Lipinski definition) is 2. The van der Waals surface area contributed by atoms with Crippen LogP contribution in [0.1, 0.15) is 30.5 Å². The number of likely N-dealkylation sites (N-methyl/N-ethyl adjacent to an activating group) is 1. The summed E-state index contributed by atoms with van der Waals surface area (Å²) >= 11 is 0. The van der Waals surface area contributed by atoms with E-state index in [2.05, 4.69) is 55.1 Å². The summed E-state index contributed by atoms with van der Waals surface area (Å²) in [5.41, 5.74) is 3.47. The van der Waals surface area contributed by atoms with E-state index in [-0.39, 0.29) is 5.91 Å². The first-order chi connectivity index (χ1) is 13.7. The van der Waals surface area contributed by atoms with Gasteiger partial charge in [-0.3, -0.25) is 9.69 Å². The number of nitrogens with zero attached hydrogens (tertiary/aromatic N) is 2. The normalized spacial score (nSPS) is 18.5. The molecule has 0 fully saturated rings. The summed E-state index contributed by atoms with van der Waals surface area (Å²) < 4.78 is 0. The van der Waals surface area contributed by atoms with Crippen LogP contribution in [0.25, 0.3) is 0 Å². The molecule has 3 aromatic rings. The minimum atomic E-state index is -0.782. The maximum atomic E-state index is 14.1. The summed E-state index contributed by atoms with van der Waals surface area (Å²) in [4.78, 5) is 18.4. The fourth-order valence-electron chi connectivity index (χ4n) is 4.50. The number of anilines is 1. The van der Waals surface area contributed by atoms with Crippen molar-refractivity contribution in [1.29, 1.82) is 0 Å². The zero-order valence-corrected chi connectivity index (χ0v) is 16.5. The third-order valence-corrected chi connectivity index (χ3v) is 5.75. The molecule has 3 heteroatoms. The molecule has 1 aliphatic rings. The molecule has 4 rings (SSSR count). The van der Waals surface area contributed by atoms with Crippen LogP contribution in [0, 0.1) is 0 Å². The summed E-state index contributed by atoms with van der Waals surface area (Å²) in [5, 5.41) is 0. The number of fused-ring (bicyclic) bond motifs is 1. The molecular weight excluding hydrogens is 344 g/mol. The molecule has 1 heterocycles. The second kappa shape index (κ2) is 7.61. The van der Waals surface area contributed by atoms with Gasteiger partial charge in [0, 0.05) is 5.56 Å². The highest BCUT2D eigenvalue weighted by Gasteiger charge is 2.54. The highest BCUT2D eigenvalue weighted by atomic mass is 16.2. The van der Waals surface area contributed by atoms with E-state index in [0.717, 1.165) is 35.5 Å². The van der Waals surface area contributed by atoms with Crippen LogP contribution < -0.4 is 4.90 Å². The van der Waals surface area contributed by atoms with Crippen LogP contribution in [0.15, 0.2) is 84.9 Å². The van der Waals surface area contributed by atoms with Gasteiger partial charge in [0.1, 0.15) is 0 Å². The van der Waals surface area contributed by atoms with Gasteiger partial charge in [-0.15, -0.1) is 0 Å². The topological polar surface area (TPSA) is 23.6 Å². The number of rotatable bonds is 6. The molecule has 1 aliphatic heterocycles. The van der Waals surface area contributed by atoms with Gasteiger partial charge in [0.15, 0.2) is 5.54 Å². The van der Waals surface area contributed by atoms with Crippen LogP contribution in [0.3, 0.4) is 0 Å². The van der Waals surface area contributed by atoms with E-state index in [1.165, 1.54) is 0 Å². The van der Waals surface area contributed by atoms with Crippen LogP contribution >= 0.6 is 0 Å². The Bertz CT molecular complexity index is 951. The predicted molar refractivity (Wildman–Crippen MR) is 114 cm³/mol. The van der Waals surface area contributed by atoms with Gasteiger partial charge in [-0.05, 0) is 30.3 Å². The summed E-state index contributed by atoms with van der Waals surface area (Å²) in [7, 11) is 0. The van der Waals surface area contributed by atoms with Gasteiger partial charge < -0.3 is 4.90 Å². The standard InChI is InChI=1S/C25H26N2O/c1-3-26(4-2)25(21-15-9-6-10-16-21)22-17-11-12-18-23(22)27(24(25)28)19-20-13-7-5-8-14-20/h5-18H,3-4,19H2,1-2H3. The lowest BCUT2D eigenvalue weighted by Crippen LogP contribution is -2.53. The zero-order valence-electron chi connectivity index (χ0n) is 16.5. The van der Waals surface area contributed by atoms with Crippen molar-refractivity contribution in [3.05, 3.63) is 102 Å². The lowest BCUT2D eigenvalue weighted by molar-refractivity contribution is -0.127. The van der Waals surface area contributed by atoms with Crippen molar-refractivity contribution in [2.45, 2.75) is 25.9 Å². The number of benzene rings is 3. The smallest absolute Gasteiger partial charge is 0.257 e. The molecule has 1 atom stereocenters. The molecule has 0 saturated heterocycles. The first kappa shape index (κ1) is 18.5. The molecule has 0 aromatic heterocycles. The van der Waals surface area contributed by atoms with Crippen LogP contribution in [0.4, 0.5) is 5.69 Å². The van der Waals surface area contributed by atoms with Gasteiger partial charge in [-0.2, -0.15) is 0 Å². The largest absolute Gasteiger partial charge is 0.305 e. The Morgan fingerprint density at radius 2 is 1.36 bits per heavy atom. The highest BCUT2D eigenvalue weighted by molar-refractivity contribution is 6.10. The first-order valence-corrected chi connectivity index (χ1v) is 9.99. The molecule has 0 saturated carbocycles. The second-order valence-electron chi connectivity index (χ2n) is 7.14. The Hall–Kier alpha value is -2.91. The van der Waals surface area contributed by atoms with Crippen molar-refractivity contribution in [2.24, 2.45) is 0 Å². The fourth-order valence-corrected chi connectivity index (χ4v) is 4.50. The van der Waals surface area contributed by atoms with Gasteiger partial charge in [0.05, 0.1) is 12.2 Å². The lowest BCUT2D eigenvalue weighted by atomic mass is 9.82. The van der Waals surface area contributed by atoms with Crippen LogP contribution in [-0.2, 0) is 16.9 Å². The van der Waals surface area contributed by atoms with Crippen molar-refractivity contribution in [2.75, 3.05) is 18.0 Å². The van der Waals surface area contributed by atoms with Crippen molar-refractivity contribution in [1.82, 2.24) is 4.90 Å². The molecule has 0 radical (unpaired) electrons. The van der Waals surface area contributed by atoms with Crippen LogP contribution in [-0.4, -0.2) is 23.9 Å². The monoisotopic (exact) mass is 370 g/mol. The number of carbonyl (C=O) groups is 1. The maximum Gasteiger partial charge on any atom is 0.257 e. The molecule has 3 aromatic carbocycles. The molecule has 1 amide bonds. The fraction of sp³-hybridized carbons (Fsp3) is 0.240. The van der Waals surface area contributed by atoms with Crippen molar-refractivity contribution in [3.8, 4) is 0 Å². The highest BCUT2D eigenvalue weighted by Crippen LogP contribution is 2.48. The quantitative estimate of drug-likeness (QED) is 0.621. The van der Waals surface area contributed by atoms with E-state index in [1.807, 2.05) is 53.4 Å². The Balaban J connectivity index is 1.93. The summed E-state index contributed by atoms with van der Waals surface area (Å²) in [6, 6.07) is 28.7. The molecule has 28 heavy (non-hydrogen) atoms. The van der Waals surface area contributed by atoms with Crippen LogP contribution in [0.2, 0.25) is 0 Å². The summed E-state index contributed by atoms with van der Waals surface area (Å²) in [5.74, 6) is 0.132. The average molecular weight is 370 g/mol. The Morgan fingerprint density at radius 1 is 0.786 bits per heavy atom. The van der Waals surface area contributed by atoms with Gasteiger partial charge in [0.25, 0.3) is 5.91 Å². The minimum Gasteiger partial charge on any atom is -0.305 e.